The van der Waals surface area contributed by atoms with Crippen molar-refractivity contribution < 1.29 is 27.5 Å². The molecule has 0 aromatic heterocycles. The van der Waals surface area contributed by atoms with Gasteiger partial charge in [0.05, 0.1) is 0 Å². The van der Waals surface area contributed by atoms with Gasteiger partial charge in [-0.05, 0) is 0 Å². The summed E-state index contributed by atoms with van der Waals surface area (Å²) >= 11 is 0. The van der Waals surface area contributed by atoms with Crippen LogP contribution in [0.5, 0.6) is 0 Å². The molecule has 2 N–H and O–H groups in total. The van der Waals surface area contributed by atoms with E-state index in [0.717, 1.165) is 0 Å². The zero-order valence-corrected chi connectivity index (χ0v) is 7.98. The molecule has 0 aliphatic carbocycles. The maximum atomic E-state index is 11.6. The minimum atomic E-state index is -4.54. The van der Waals surface area contributed by atoms with Crippen LogP contribution in [0.2, 0.25) is 0 Å². The number of alkyl carbamates (subject to hydrolysis) is 1. The van der Waals surface area contributed by atoms with E-state index in [1.807, 2.05) is 5.32 Å². The largest absolute Gasteiger partial charge is 0.440 e. The van der Waals surface area contributed by atoms with Crippen LogP contribution in [-0.2, 0) is 9.53 Å². The Morgan fingerprint density at radius 2 is 1.93 bits per heavy atom. The standard InChI is InChI=1S/C7H11F3N2O3/c1-11-5(13)2-3-12-6(14)15-4-7(8,9)10/h2-4H2,1H3,(H,11,13)(H,12,14). The van der Waals surface area contributed by atoms with Crippen molar-refractivity contribution in [3.8, 4) is 0 Å². The van der Waals surface area contributed by atoms with E-state index in [4.69, 9.17) is 0 Å². The average Bonchev–Trinajstić information content (AvgIpc) is 2.13. The van der Waals surface area contributed by atoms with Crippen molar-refractivity contribution in [2.45, 2.75) is 12.6 Å². The van der Waals surface area contributed by atoms with Gasteiger partial charge in [0, 0.05) is 20.0 Å². The van der Waals surface area contributed by atoms with E-state index in [1.54, 1.807) is 0 Å². The van der Waals surface area contributed by atoms with E-state index in [2.05, 4.69) is 10.1 Å². The number of halogens is 3. The number of hydrogen-bond donors (Lipinski definition) is 2. The maximum Gasteiger partial charge on any atom is 0.422 e. The molecule has 0 fully saturated rings. The molecule has 88 valence electrons. The molecule has 0 bridgehead atoms. The van der Waals surface area contributed by atoms with Gasteiger partial charge >= 0.3 is 12.3 Å². The summed E-state index contributed by atoms with van der Waals surface area (Å²) < 4.78 is 38.5. The van der Waals surface area contributed by atoms with Crippen molar-refractivity contribution in [1.29, 1.82) is 0 Å². The molecule has 0 aliphatic rings. The number of hydrogen-bond acceptors (Lipinski definition) is 3. The van der Waals surface area contributed by atoms with Gasteiger partial charge in [-0.1, -0.05) is 0 Å². The van der Waals surface area contributed by atoms with Gasteiger partial charge in [0.2, 0.25) is 5.91 Å². The Bertz CT molecular complexity index is 230. The first-order valence-electron chi connectivity index (χ1n) is 4.03. The quantitative estimate of drug-likeness (QED) is 0.732. The number of carbonyl (C=O) groups is 2. The molecule has 0 saturated carbocycles. The number of rotatable bonds is 4. The van der Waals surface area contributed by atoms with Gasteiger partial charge < -0.3 is 15.4 Å². The van der Waals surface area contributed by atoms with Crippen LogP contribution in [0.3, 0.4) is 0 Å². The van der Waals surface area contributed by atoms with Gasteiger partial charge in [-0.2, -0.15) is 13.2 Å². The van der Waals surface area contributed by atoms with Crippen molar-refractivity contribution in [2.24, 2.45) is 0 Å². The fourth-order valence-corrected chi connectivity index (χ4v) is 0.602. The average molecular weight is 228 g/mol. The number of ether oxygens (including phenoxy) is 1. The SMILES string of the molecule is CNC(=O)CCNC(=O)OCC(F)(F)F. The Labute approximate surface area is 84.0 Å². The minimum absolute atomic E-state index is 0.0163. The van der Waals surface area contributed by atoms with Crippen molar-refractivity contribution in [3.63, 3.8) is 0 Å². The normalized spacial score (nSPS) is 10.7. The van der Waals surface area contributed by atoms with Gasteiger partial charge in [-0.25, -0.2) is 4.79 Å². The van der Waals surface area contributed by atoms with E-state index in [0.29, 0.717) is 0 Å². The molecular formula is C7H11F3N2O3. The molecule has 0 aromatic carbocycles. The van der Waals surface area contributed by atoms with Crippen LogP contribution in [0, 0.1) is 0 Å². The number of nitrogens with one attached hydrogen (secondary N) is 2. The van der Waals surface area contributed by atoms with E-state index in [1.165, 1.54) is 7.05 Å². The van der Waals surface area contributed by atoms with Crippen LogP contribution >= 0.6 is 0 Å². The monoisotopic (exact) mass is 228 g/mol. The lowest BCUT2D eigenvalue weighted by Gasteiger charge is -2.08. The summed E-state index contributed by atoms with van der Waals surface area (Å²) in [5, 5.41) is 4.28. The van der Waals surface area contributed by atoms with Crippen LogP contribution in [-0.4, -0.2) is 38.4 Å². The molecule has 0 rings (SSSR count). The second-order valence-corrected chi connectivity index (χ2v) is 2.54. The highest BCUT2D eigenvalue weighted by Crippen LogP contribution is 2.14. The lowest BCUT2D eigenvalue weighted by atomic mass is 10.4. The summed E-state index contributed by atoms with van der Waals surface area (Å²) in [5.41, 5.74) is 0. The third kappa shape index (κ3) is 8.85. The van der Waals surface area contributed by atoms with Crippen LogP contribution in [0.25, 0.3) is 0 Å². The highest BCUT2D eigenvalue weighted by molar-refractivity contribution is 5.76. The molecular weight excluding hydrogens is 217 g/mol. The molecule has 15 heavy (non-hydrogen) atoms. The predicted molar refractivity (Wildman–Crippen MR) is 44.1 cm³/mol. The molecule has 2 amide bonds. The van der Waals surface area contributed by atoms with Gasteiger partial charge in [0.25, 0.3) is 0 Å². The third-order valence-corrected chi connectivity index (χ3v) is 1.27. The van der Waals surface area contributed by atoms with E-state index in [9.17, 15) is 22.8 Å². The van der Waals surface area contributed by atoms with E-state index in [-0.39, 0.29) is 18.9 Å². The van der Waals surface area contributed by atoms with Crippen LogP contribution in [0.1, 0.15) is 6.42 Å². The molecule has 0 spiro atoms. The first-order chi connectivity index (χ1) is 6.85. The van der Waals surface area contributed by atoms with E-state index >= 15 is 0 Å². The van der Waals surface area contributed by atoms with Crippen molar-refractivity contribution in [2.75, 3.05) is 20.2 Å². The van der Waals surface area contributed by atoms with E-state index < -0.39 is 18.9 Å². The molecule has 8 heteroatoms. The predicted octanol–water partition coefficient (Wildman–Crippen LogP) is 0.411. The molecule has 5 nitrogen and oxygen atoms in total. The van der Waals surface area contributed by atoms with Gasteiger partial charge in [0.15, 0.2) is 6.61 Å². The fourth-order valence-electron chi connectivity index (χ4n) is 0.602. The first-order valence-corrected chi connectivity index (χ1v) is 4.03. The van der Waals surface area contributed by atoms with Crippen molar-refractivity contribution in [1.82, 2.24) is 10.6 Å². The van der Waals surface area contributed by atoms with Crippen LogP contribution < -0.4 is 10.6 Å². The van der Waals surface area contributed by atoms with Gasteiger partial charge in [0.1, 0.15) is 0 Å². The third-order valence-electron chi connectivity index (χ3n) is 1.27. The van der Waals surface area contributed by atoms with Gasteiger partial charge in [-0.3, -0.25) is 4.79 Å². The molecule has 0 unspecified atom stereocenters. The Balaban J connectivity index is 3.54. The van der Waals surface area contributed by atoms with Gasteiger partial charge in [-0.15, -0.1) is 0 Å². The first kappa shape index (κ1) is 13.5. The maximum absolute atomic E-state index is 11.6. The lowest BCUT2D eigenvalue weighted by Crippen LogP contribution is -2.32. The molecule has 0 aromatic rings. The number of amides is 2. The second-order valence-electron chi connectivity index (χ2n) is 2.54. The molecule has 0 heterocycles. The Morgan fingerprint density at radius 3 is 2.40 bits per heavy atom. The van der Waals surface area contributed by atoms with Crippen LogP contribution in [0.4, 0.5) is 18.0 Å². The van der Waals surface area contributed by atoms with Crippen LogP contribution in [0.15, 0.2) is 0 Å². The molecule has 0 saturated heterocycles. The minimum Gasteiger partial charge on any atom is -0.440 e. The summed E-state index contributed by atoms with van der Waals surface area (Å²) in [6, 6.07) is 0. The fraction of sp³-hybridized carbons (Fsp3) is 0.714. The summed E-state index contributed by atoms with van der Waals surface area (Å²) in [7, 11) is 1.41. The zero-order valence-electron chi connectivity index (χ0n) is 7.98. The van der Waals surface area contributed by atoms with Crippen molar-refractivity contribution >= 4 is 12.0 Å². The lowest BCUT2D eigenvalue weighted by molar-refractivity contribution is -0.160. The second kappa shape index (κ2) is 6.10. The molecule has 0 atom stereocenters. The van der Waals surface area contributed by atoms with Crippen molar-refractivity contribution in [3.05, 3.63) is 0 Å². The summed E-state index contributed by atoms with van der Waals surface area (Å²) in [5.74, 6) is -0.328. The number of alkyl halides is 3. The topological polar surface area (TPSA) is 67.4 Å². The summed E-state index contributed by atoms with van der Waals surface area (Å²) in [4.78, 5) is 21.2. The highest BCUT2D eigenvalue weighted by atomic mass is 19.4. The molecule has 0 radical (unpaired) electrons. The molecule has 0 aliphatic heterocycles. The highest BCUT2D eigenvalue weighted by Gasteiger charge is 2.29. The Hall–Kier alpha value is -1.47. The Morgan fingerprint density at radius 1 is 1.33 bits per heavy atom. The smallest absolute Gasteiger partial charge is 0.422 e. The summed E-state index contributed by atoms with van der Waals surface area (Å²) in [6.45, 7) is -1.71. The Kier molecular flexibility index (Phi) is 5.50. The summed E-state index contributed by atoms with van der Waals surface area (Å²) in [6.07, 6.45) is -5.76. The zero-order chi connectivity index (χ0) is 11.9. The number of carbonyl (C=O) groups excluding carboxylic acids is 2.